The second-order valence-corrected chi connectivity index (χ2v) is 4.98. The SMILES string of the molecule is CC1=CCCC(C)(C)C1/C=C/C(=O)C=C=O. The average molecular weight is 218 g/mol. The van der Waals surface area contributed by atoms with Gasteiger partial charge in [-0.05, 0) is 31.3 Å². The maximum absolute atomic E-state index is 11.2. The van der Waals surface area contributed by atoms with Crippen molar-refractivity contribution in [2.24, 2.45) is 11.3 Å². The minimum absolute atomic E-state index is 0.181. The second kappa shape index (κ2) is 5.09. The van der Waals surface area contributed by atoms with E-state index in [9.17, 15) is 9.59 Å². The highest BCUT2D eigenvalue weighted by molar-refractivity contribution is 6.03. The third-order valence-electron chi connectivity index (χ3n) is 3.24. The summed E-state index contributed by atoms with van der Waals surface area (Å²) in [6.07, 6.45) is 8.75. The average Bonchev–Trinajstić information content (AvgIpc) is 2.16. The predicted octanol–water partition coefficient (Wildman–Crippen LogP) is 2.88. The number of carbonyl (C=O) groups is 1. The van der Waals surface area contributed by atoms with Gasteiger partial charge in [-0.25, -0.2) is 4.79 Å². The van der Waals surface area contributed by atoms with Gasteiger partial charge in [-0.1, -0.05) is 31.6 Å². The first-order chi connectivity index (χ1) is 7.47. The van der Waals surface area contributed by atoms with Gasteiger partial charge in [-0.2, -0.15) is 0 Å². The summed E-state index contributed by atoms with van der Waals surface area (Å²) in [6.45, 7) is 6.51. The quantitative estimate of drug-likeness (QED) is 0.414. The van der Waals surface area contributed by atoms with Crippen LogP contribution < -0.4 is 0 Å². The van der Waals surface area contributed by atoms with Crippen LogP contribution in [0.25, 0.3) is 0 Å². The molecule has 0 fully saturated rings. The van der Waals surface area contributed by atoms with Crippen LogP contribution >= 0.6 is 0 Å². The smallest absolute Gasteiger partial charge is 0.189 e. The number of allylic oxidation sites excluding steroid dienone is 5. The summed E-state index contributed by atoms with van der Waals surface area (Å²) in [5.74, 6) is 1.49. The molecule has 0 saturated heterocycles. The Hall–Kier alpha value is -1.40. The molecular weight excluding hydrogens is 200 g/mol. The Balaban J connectivity index is 2.85. The van der Waals surface area contributed by atoms with Gasteiger partial charge in [0, 0.05) is 5.92 Å². The molecule has 2 nitrogen and oxygen atoms in total. The second-order valence-electron chi connectivity index (χ2n) is 4.98. The Labute approximate surface area is 96.7 Å². The Morgan fingerprint density at radius 3 is 2.81 bits per heavy atom. The molecule has 0 aromatic rings. The number of hydrogen-bond acceptors (Lipinski definition) is 2. The topological polar surface area (TPSA) is 34.1 Å². The van der Waals surface area contributed by atoms with Crippen molar-refractivity contribution in [2.45, 2.75) is 33.6 Å². The van der Waals surface area contributed by atoms with Crippen LogP contribution in [0.15, 0.2) is 29.9 Å². The zero-order valence-electron chi connectivity index (χ0n) is 10.1. The molecule has 0 aromatic carbocycles. The Kier molecular flexibility index (Phi) is 4.03. The monoisotopic (exact) mass is 218 g/mol. The maximum atomic E-state index is 11.2. The fourth-order valence-corrected chi connectivity index (χ4v) is 2.28. The number of ketones is 1. The van der Waals surface area contributed by atoms with E-state index in [1.807, 2.05) is 6.08 Å². The van der Waals surface area contributed by atoms with E-state index in [-0.39, 0.29) is 17.1 Å². The molecule has 1 unspecified atom stereocenters. The van der Waals surface area contributed by atoms with Gasteiger partial charge in [0.05, 0.1) is 6.08 Å². The molecule has 1 aliphatic rings. The fraction of sp³-hybridized carbons (Fsp3) is 0.500. The molecule has 0 N–H and O–H groups in total. The van der Waals surface area contributed by atoms with Gasteiger partial charge >= 0.3 is 0 Å². The van der Waals surface area contributed by atoms with E-state index in [4.69, 9.17) is 0 Å². The van der Waals surface area contributed by atoms with Crippen LogP contribution in [-0.2, 0) is 9.59 Å². The van der Waals surface area contributed by atoms with Crippen molar-refractivity contribution in [1.82, 2.24) is 0 Å². The van der Waals surface area contributed by atoms with E-state index < -0.39 is 0 Å². The molecule has 0 spiro atoms. The summed E-state index contributed by atoms with van der Waals surface area (Å²) < 4.78 is 0. The lowest BCUT2D eigenvalue weighted by Crippen LogP contribution is -2.26. The van der Waals surface area contributed by atoms with Crippen molar-refractivity contribution in [3.8, 4) is 0 Å². The molecule has 2 heteroatoms. The van der Waals surface area contributed by atoms with Gasteiger partial charge in [0.15, 0.2) is 5.78 Å². The molecule has 1 aliphatic carbocycles. The third-order valence-corrected chi connectivity index (χ3v) is 3.24. The van der Waals surface area contributed by atoms with Crippen molar-refractivity contribution in [3.05, 3.63) is 29.9 Å². The zero-order chi connectivity index (χ0) is 12.2. The lowest BCUT2D eigenvalue weighted by molar-refractivity contribution is -0.110. The summed E-state index contributed by atoms with van der Waals surface area (Å²) in [6, 6.07) is 0. The van der Waals surface area contributed by atoms with E-state index in [1.165, 1.54) is 17.6 Å². The molecule has 1 rings (SSSR count). The normalized spacial score (nSPS) is 23.7. The van der Waals surface area contributed by atoms with Gasteiger partial charge in [0.2, 0.25) is 0 Å². The van der Waals surface area contributed by atoms with E-state index in [0.29, 0.717) is 0 Å². The van der Waals surface area contributed by atoms with Crippen LogP contribution in [0.5, 0.6) is 0 Å². The standard InChI is InChI=1S/C14H18O2/c1-11-5-4-9-14(2,3)13(11)7-6-12(16)8-10-15/h5-8,13H,4,9H2,1-3H3/b7-6+. The van der Waals surface area contributed by atoms with Crippen molar-refractivity contribution >= 4 is 11.7 Å². The van der Waals surface area contributed by atoms with Gasteiger partial charge in [-0.15, -0.1) is 0 Å². The maximum Gasteiger partial charge on any atom is 0.189 e. The first-order valence-electron chi connectivity index (χ1n) is 5.57. The Bertz CT molecular complexity index is 380. The van der Waals surface area contributed by atoms with E-state index in [1.54, 1.807) is 0 Å². The van der Waals surface area contributed by atoms with Crippen LogP contribution in [0.1, 0.15) is 33.6 Å². The molecule has 0 bridgehead atoms. The molecule has 0 radical (unpaired) electrons. The minimum atomic E-state index is -0.288. The van der Waals surface area contributed by atoms with Crippen LogP contribution in [0.4, 0.5) is 0 Å². The van der Waals surface area contributed by atoms with Gasteiger partial charge in [0.25, 0.3) is 0 Å². The summed E-state index contributed by atoms with van der Waals surface area (Å²) in [5, 5.41) is 0. The largest absolute Gasteiger partial charge is 0.289 e. The summed E-state index contributed by atoms with van der Waals surface area (Å²) in [5.41, 5.74) is 1.48. The van der Waals surface area contributed by atoms with Gasteiger partial charge < -0.3 is 0 Å². The van der Waals surface area contributed by atoms with Crippen molar-refractivity contribution < 1.29 is 9.59 Å². The molecule has 0 aliphatic heterocycles. The molecule has 86 valence electrons. The van der Waals surface area contributed by atoms with Crippen molar-refractivity contribution in [3.63, 3.8) is 0 Å². The van der Waals surface area contributed by atoms with E-state index >= 15 is 0 Å². The Morgan fingerprint density at radius 2 is 2.25 bits per heavy atom. The first-order valence-corrected chi connectivity index (χ1v) is 5.57. The van der Waals surface area contributed by atoms with Crippen molar-refractivity contribution in [2.75, 3.05) is 0 Å². The lowest BCUT2D eigenvalue weighted by atomic mass is 9.68. The van der Waals surface area contributed by atoms with E-state index in [0.717, 1.165) is 18.9 Å². The van der Waals surface area contributed by atoms with Crippen molar-refractivity contribution in [1.29, 1.82) is 0 Å². The zero-order valence-corrected chi connectivity index (χ0v) is 10.1. The molecule has 0 saturated carbocycles. The number of rotatable bonds is 3. The molecule has 1 atom stereocenters. The number of carbonyl (C=O) groups excluding carboxylic acids is 2. The molecular formula is C14H18O2. The Morgan fingerprint density at radius 1 is 1.56 bits per heavy atom. The minimum Gasteiger partial charge on any atom is -0.289 e. The predicted molar refractivity (Wildman–Crippen MR) is 64.7 cm³/mol. The van der Waals surface area contributed by atoms with Gasteiger partial charge in [0.1, 0.15) is 5.94 Å². The molecule has 0 heterocycles. The van der Waals surface area contributed by atoms with Crippen LogP contribution in [0.3, 0.4) is 0 Å². The summed E-state index contributed by atoms with van der Waals surface area (Å²) in [7, 11) is 0. The highest BCUT2D eigenvalue weighted by Crippen LogP contribution is 2.41. The third kappa shape index (κ3) is 3.04. The van der Waals surface area contributed by atoms with E-state index in [2.05, 4.69) is 26.8 Å². The summed E-state index contributed by atoms with van der Waals surface area (Å²) >= 11 is 0. The molecule has 0 amide bonds. The first kappa shape index (κ1) is 12.7. The highest BCUT2D eigenvalue weighted by Gasteiger charge is 2.30. The number of hydrogen-bond donors (Lipinski definition) is 0. The van der Waals surface area contributed by atoms with Crippen LogP contribution in [0.2, 0.25) is 0 Å². The van der Waals surface area contributed by atoms with Gasteiger partial charge in [-0.3, -0.25) is 4.79 Å². The molecule has 16 heavy (non-hydrogen) atoms. The molecule has 0 aromatic heterocycles. The highest BCUT2D eigenvalue weighted by atomic mass is 16.1. The van der Waals surface area contributed by atoms with Crippen LogP contribution in [-0.4, -0.2) is 11.7 Å². The fourth-order valence-electron chi connectivity index (χ4n) is 2.28. The summed E-state index contributed by atoms with van der Waals surface area (Å²) in [4.78, 5) is 21.2. The lowest BCUT2D eigenvalue weighted by Gasteiger charge is -2.36. The van der Waals surface area contributed by atoms with Crippen LogP contribution in [0, 0.1) is 11.3 Å².